The molecule has 2 aromatic heterocycles. The van der Waals surface area contributed by atoms with Gasteiger partial charge in [0.1, 0.15) is 0 Å². The quantitative estimate of drug-likeness (QED) is 0.361. The van der Waals surface area contributed by atoms with Crippen LogP contribution in [0.1, 0.15) is 0 Å². The maximum atomic E-state index is 13.1. The number of pyridine rings is 1. The van der Waals surface area contributed by atoms with E-state index in [0.717, 1.165) is 10.6 Å². The highest BCUT2D eigenvalue weighted by Gasteiger charge is 2.15. The first-order chi connectivity index (χ1) is 14.7. The van der Waals surface area contributed by atoms with Gasteiger partial charge in [-0.15, -0.1) is 11.8 Å². The molecule has 0 bridgehead atoms. The van der Waals surface area contributed by atoms with Crippen molar-refractivity contribution in [2.75, 3.05) is 17.3 Å². The molecule has 0 unspecified atom stereocenters. The van der Waals surface area contributed by atoms with E-state index in [2.05, 4.69) is 15.3 Å². The lowest BCUT2D eigenvalue weighted by Crippen LogP contribution is -2.23. The molecule has 2 aromatic carbocycles. The zero-order chi connectivity index (χ0) is 20.9. The molecule has 0 aliphatic rings. The molecule has 0 saturated heterocycles. The SMILES string of the molecule is CSc1ccccc1NC(=O)CSc1nc2ncccc2c(=O)n1-c1ccccc1. The molecule has 0 fully saturated rings. The van der Waals surface area contributed by atoms with Crippen LogP contribution in [-0.2, 0) is 4.79 Å². The lowest BCUT2D eigenvalue weighted by atomic mass is 10.3. The predicted octanol–water partition coefficient (Wildman–Crippen LogP) is 4.23. The van der Waals surface area contributed by atoms with Crippen LogP contribution in [0.25, 0.3) is 16.7 Å². The molecule has 0 aliphatic carbocycles. The molecular formula is C22H18N4O2S2. The van der Waals surface area contributed by atoms with Gasteiger partial charge >= 0.3 is 0 Å². The summed E-state index contributed by atoms with van der Waals surface area (Å²) in [4.78, 5) is 35.5. The van der Waals surface area contributed by atoms with Crippen molar-refractivity contribution in [2.45, 2.75) is 10.1 Å². The molecule has 1 amide bonds. The number of nitrogens with one attached hydrogen (secondary N) is 1. The third-order valence-electron chi connectivity index (χ3n) is 4.34. The second kappa shape index (κ2) is 9.15. The largest absolute Gasteiger partial charge is 0.324 e. The summed E-state index contributed by atoms with van der Waals surface area (Å²) in [7, 11) is 0. The van der Waals surface area contributed by atoms with Gasteiger partial charge in [-0.05, 0) is 42.7 Å². The van der Waals surface area contributed by atoms with Crippen LogP contribution in [0.4, 0.5) is 5.69 Å². The van der Waals surface area contributed by atoms with Gasteiger partial charge in [0.05, 0.1) is 22.5 Å². The summed E-state index contributed by atoms with van der Waals surface area (Å²) in [6.45, 7) is 0. The Morgan fingerprint density at radius 3 is 2.60 bits per heavy atom. The molecular weight excluding hydrogens is 416 g/mol. The molecule has 0 saturated carbocycles. The molecule has 4 rings (SSSR count). The van der Waals surface area contributed by atoms with E-state index in [1.807, 2.05) is 60.9 Å². The van der Waals surface area contributed by atoms with Crippen LogP contribution in [0.3, 0.4) is 0 Å². The average Bonchev–Trinajstić information content (AvgIpc) is 2.79. The standard InChI is InChI=1S/C22H18N4O2S2/c1-29-18-12-6-5-11-17(18)24-19(27)14-30-22-25-20-16(10-7-13-23-20)21(28)26(22)15-8-3-2-4-9-15/h2-13H,14H2,1H3,(H,24,27). The minimum atomic E-state index is -0.213. The first-order valence-corrected chi connectivity index (χ1v) is 11.4. The van der Waals surface area contributed by atoms with Crippen molar-refractivity contribution in [3.63, 3.8) is 0 Å². The highest BCUT2D eigenvalue weighted by molar-refractivity contribution is 7.99. The summed E-state index contributed by atoms with van der Waals surface area (Å²) in [5, 5.41) is 3.79. The van der Waals surface area contributed by atoms with Crippen molar-refractivity contribution in [1.82, 2.24) is 14.5 Å². The average molecular weight is 435 g/mol. The number of hydrogen-bond acceptors (Lipinski definition) is 6. The third kappa shape index (κ3) is 4.24. The van der Waals surface area contributed by atoms with Crippen molar-refractivity contribution in [3.8, 4) is 5.69 Å². The number of aromatic nitrogens is 3. The molecule has 30 heavy (non-hydrogen) atoms. The lowest BCUT2D eigenvalue weighted by molar-refractivity contribution is -0.113. The van der Waals surface area contributed by atoms with Crippen molar-refractivity contribution < 1.29 is 4.79 Å². The molecule has 8 heteroatoms. The van der Waals surface area contributed by atoms with Crippen LogP contribution in [0.2, 0.25) is 0 Å². The topological polar surface area (TPSA) is 76.9 Å². The van der Waals surface area contributed by atoms with Gasteiger partial charge in [0.25, 0.3) is 5.56 Å². The summed E-state index contributed by atoms with van der Waals surface area (Å²) in [6.07, 6.45) is 3.56. The monoisotopic (exact) mass is 434 g/mol. The number of amides is 1. The number of para-hydroxylation sites is 2. The zero-order valence-corrected chi connectivity index (χ0v) is 17.7. The summed E-state index contributed by atoms with van der Waals surface area (Å²) >= 11 is 2.77. The Morgan fingerprint density at radius 1 is 1.03 bits per heavy atom. The Morgan fingerprint density at radius 2 is 1.80 bits per heavy atom. The van der Waals surface area contributed by atoms with Crippen LogP contribution >= 0.6 is 23.5 Å². The fourth-order valence-corrected chi connectivity index (χ4v) is 4.32. The van der Waals surface area contributed by atoms with Gasteiger partial charge in [-0.1, -0.05) is 42.1 Å². The van der Waals surface area contributed by atoms with Gasteiger partial charge in [-0.2, -0.15) is 0 Å². The van der Waals surface area contributed by atoms with E-state index < -0.39 is 0 Å². The van der Waals surface area contributed by atoms with E-state index in [9.17, 15) is 9.59 Å². The molecule has 0 aliphatic heterocycles. The van der Waals surface area contributed by atoms with Crippen LogP contribution in [0.15, 0.2) is 87.8 Å². The molecule has 0 spiro atoms. The summed E-state index contributed by atoms with van der Waals surface area (Å²) < 4.78 is 1.53. The first kappa shape index (κ1) is 20.2. The minimum absolute atomic E-state index is 0.111. The molecule has 0 radical (unpaired) electrons. The number of carbonyl (C=O) groups excluding carboxylic acids is 1. The smallest absolute Gasteiger partial charge is 0.268 e. The molecule has 150 valence electrons. The highest BCUT2D eigenvalue weighted by atomic mass is 32.2. The molecule has 6 nitrogen and oxygen atoms in total. The predicted molar refractivity (Wildman–Crippen MR) is 123 cm³/mol. The Kier molecular flexibility index (Phi) is 6.15. The normalized spacial score (nSPS) is 10.8. The third-order valence-corrected chi connectivity index (χ3v) is 6.08. The van der Waals surface area contributed by atoms with Gasteiger partial charge in [-0.3, -0.25) is 14.2 Å². The van der Waals surface area contributed by atoms with Crippen molar-refractivity contribution in [1.29, 1.82) is 0 Å². The van der Waals surface area contributed by atoms with Crippen molar-refractivity contribution in [2.24, 2.45) is 0 Å². The number of anilines is 1. The maximum Gasteiger partial charge on any atom is 0.268 e. The second-order valence-corrected chi connectivity index (χ2v) is 8.07. The van der Waals surface area contributed by atoms with Gasteiger partial charge in [0.15, 0.2) is 10.8 Å². The minimum Gasteiger partial charge on any atom is -0.324 e. The van der Waals surface area contributed by atoms with Gasteiger partial charge in [0.2, 0.25) is 5.91 Å². The van der Waals surface area contributed by atoms with Gasteiger partial charge in [0, 0.05) is 11.1 Å². The number of rotatable bonds is 6. The van der Waals surface area contributed by atoms with E-state index in [-0.39, 0.29) is 17.2 Å². The Labute approximate surface area is 181 Å². The summed E-state index contributed by atoms with van der Waals surface area (Å²) in [5.74, 6) is -0.0585. The van der Waals surface area contributed by atoms with Crippen LogP contribution < -0.4 is 10.9 Å². The number of hydrogen-bond donors (Lipinski definition) is 1. The van der Waals surface area contributed by atoms with Crippen molar-refractivity contribution in [3.05, 3.63) is 83.3 Å². The molecule has 4 aromatic rings. The highest BCUT2D eigenvalue weighted by Crippen LogP contribution is 2.25. The Balaban J connectivity index is 1.65. The van der Waals surface area contributed by atoms with E-state index in [1.54, 1.807) is 30.1 Å². The second-order valence-electron chi connectivity index (χ2n) is 6.28. The number of thioether (sulfide) groups is 2. The van der Waals surface area contributed by atoms with E-state index >= 15 is 0 Å². The van der Waals surface area contributed by atoms with Gasteiger partial charge < -0.3 is 5.32 Å². The van der Waals surface area contributed by atoms with Crippen LogP contribution in [-0.4, -0.2) is 32.5 Å². The first-order valence-electron chi connectivity index (χ1n) is 9.16. The Bertz CT molecular complexity index is 1260. The van der Waals surface area contributed by atoms with Crippen molar-refractivity contribution >= 4 is 46.2 Å². The van der Waals surface area contributed by atoms with Crippen LogP contribution in [0, 0.1) is 0 Å². The maximum absolute atomic E-state index is 13.1. The fraction of sp³-hybridized carbons (Fsp3) is 0.0909. The molecule has 1 N–H and O–H groups in total. The number of carbonyl (C=O) groups is 1. The molecule has 0 atom stereocenters. The number of fused-ring (bicyclic) bond motifs is 1. The Hall–Kier alpha value is -3.10. The van der Waals surface area contributed by atoms with E-state index in [4.69, 9.17) is 0 Å². The fourth-order valence-electron chi connectivity index (χ4n) is 2.97. The number of benzene rings is 2. The summed E-state index contributed by atoms with van der Waals surface area (Å²) in [5.41, 5.74) is 1.61. The van der Waals surface area contributed by atoms with E-state index in [0.29, 0.717) is 21.9 Å². The molecule has 2 heterocycles. The lowest BCUT2D eigenvalue weighted by Gasteiger charge is -2.13. The van der Waals surface area contributed by atoms with Gasteiger partial charge in [-0.25, -0.2) is 9.97 Å². The van der Waals surface area contributed by atoms with E-state index in [1.165, 1.54) is 16.3 Å². The number of nitrogens with zero attached hydrogens (tertiary/aromatic N) is 3. The van der Waals surface area contributed by atoms with Crippen LogP contribution in [0.5, 0.6) is 0 Å². The summed E-state index contributed by atoms with van der Waals surface area (Å²) in [6, 6.07) is 20.3. The zero-order valence-electron chi connectivity index (χ0n) is 16.1.